The lowest BCUT2D eigenvalue weighted by Crippen LogP contribution is -2.32. The molecular formula is C25H34ClN3. The molecule has 0 atom stereocenters. The van der Waals surface area contributed by atoms with Crippen LogP contribution in [0, 0.1) is 5.92 Å². The van der Waals surface area contributed by atoms with Crippen LogP contribution in [0.1, 0.15) is 33.6 Å². The molecule has 1 fully saturated rings. The molecule has 2 heterocycles. The molecule has 156 valence electrons. The molecule has 1 aliphatic heterocycles. The van der Waals surface area contributed by atoms with Crippen LogP contribution in [0.3, 0.4) is 0 Å². The summed E-state index contributed by atoms with van der Waals surface area (Å²) >= 11 is 0. The molecule has 0 aliphatic carbocycles. The Hall–Kier alpha value is -2.10. The van der Waals surface area contributed by atoms with Gasteiger partial charge in [-0.25, -0.2) is 4.98 Å². The lowest BCUT2D eigenvalue weighted by Gasteiger charge is -2.33. The number of para-hydroxylation sites is 1. The second-order valence-corrected chi connectivity index (χ2v) is 7.54. The number of fused-ring (bicyclic) bond motifs is 1. The van der Waals surface area contributed by atoms with Gasteiger partial charge in [0.15, 0.2) is 0 Å². The van der Waals surface area contributed by atoms with E-state index in [0.717, 1.165) is 43.3 Å². The number of halogens is 1. The van der Waals surface area contributed by atoms with E-state index in [4.69, 9.17) is 4.98 Å². The minimum atomic E-state index is 0. The zero-order valence-corrected chi connectivity index (χ0v) is 18.7. The lowest BCUT2D eigenvalue weighted by atomic mass is 9.98. The average molecular weight is 412 g/mol. The summed E-state index contributed by atoms with van der Waals surface area (Å²) in [4.78, 5) is 7.43. The first-order chi connectivity index (χ1) is 13.7. The number of nitrogens with zero attached hydrogens (tertiary/aromatic N) is 2. The maximum atomic E-state index is 4.89. The molecule has 29 heavy (non-hydrogen) atoms. The molecule has 4 rings (SSSR count). The van der Waals surface area contributed by atoms with Crippen molar-refractivity contribution in [3.8, 4) is 11.3 Å². The van der Waals surface area contributed by atoms with Gasteiger partial charge in [-0.2, -0.15) is 0 Å². The van der Waals surface area contributed by atoms with Crippen LogP contribution in [0.25, 0.3) is 22.2 Å². The van der Waals surface area contributed by atoms with Crippen molar-refractivity contribution in [1.29, 1.82) is 0 Å². The summed E-state index contributed by atoms with van der Waals surface area (Å²) in [5.74, 6) is 0.841. The van der Waals surface area contributed by atoms with E-state index in [9.17, 15) is 0 Å². The van der Waals surface area contributed by atoms with Gasteiger partial charge in [0.1, 0.15) is 0 Å². The van der Waals surface area contributed by atoms with E-state index in [1.54, 1.807) is 0 Å². The molecule has 1 saturated heterocycles. The highest BCUT2D eigenvalue weighted by atomic mass is 35.5. The second kappa shape index (κ2) is 11.8. The van der Waals surface area contributed by atoms with Gasteiger partial charge >= 0.3 is 0 Å². The predicted octanol–water partition coefficient (Wildman–Crippen LogP) is 6.18. The molecular weight excluding hydrogens is 378 g/mol. The van der Waals surface area contributed by atoms with Crippen molar-refractivity contribution in [2.24, 2.45) is 5.92 Å². The smallest absolute Gasteiger partial charge is 0.0730 e. The highest BCUT2D eigenvalue weighted by molar-refractivity contribution is 5.94. The van der Waals surface area contributed by atoms with Crippen LogP contribution >= 0.6 is 12.4 Å². The van der Waals surface area contributed by atoms with Gasteiger partial charge in [-0.05, 0) is 44.0 Å². The van der Waals surface area contributed by atoms with Crippen LogP contribution < -0.4 is 10.2 Å². The summed E-state index contributed by atoms with van der Waals surface area (Å²) in [6, 6.07) is 21.3. The number of nitrogens with one attached hydrogen (secondary N) is 1. The third-order valence-electron chi connectivity index (χ3n) is 5.39. The maximum Gasteiger partial charge on any atom is 0.0730 e. The third-order valence-corrected chi connectivity index (χ3v) is 5.39. The van der Waals surface area contributed by atoms with Gasteiger partial charge in [0, 0.05) is 29.7 Å². The quantitative estimate of drug-likeness (QED) is 0.555. The van der Waals surface area contributed by atoms with E-state index in [1.165, 1.54) is 29.5 Å². The highest BCUT2D eigenvalue weighted by Gasteiger charge is 2.19. The Bertz CT molecular complexity index is 856. The summed E-state index contributed by atoms with van der Waals surface area (Å²) < 4.78 is 0. The predicted molar refractivity (Wildman–Crippen MR) is 129 cm³/mol. The first kappa shape index (κ1) is 23.2. The summed E-state index contributed by atoms with van der Waals surface area (Å²) in [7, 11) is 0. The molecule has 3 nitrogen and oxygen atoms in total. The number of rotatable bonds is 4. The van der Waals surface area contributed by atoms with Gasteiger partial charge in [0.25, 0.3) is 0 Å². The molecule has 0 radical (unpaired) electrons. The first-order valence-electron chi connectivity index (χ1n) is 10.6. The Kier molecular flexibility index (Phi) is 9.43. The van der Waals surface area contributed by atoms with E-state index < -0.39 is 0 Å². The minimum Gasteiger partial charge on any atom is -0.371 e. The number of aromatic nitrogens is 1. The van der Waals surface area contributed by atoms with Crippen LogP contribution in [-0.4, -0.2) is 31.2 Å². The Labute approximate surface area is 182 Å². The van der Waals surface area contributed by atoms with Crippen LogP contribution in [0.15, 0.2) is 60.7 Å². The van der Waals surface area contributed by atoms with Gasteiger partial charge in [-0.3, -0.25) is 0 Å². The number of hydrogen-bond acceptors (Lipinski definition) is 3. The zero-order chi connectivity index (χ0) is 19.8. The van der Waals surface area contributed by atoms with Crippen molar-refractivity contribution in [3.05, 3.63) is 60.7 Å². The SMILES string of the molecule is CC1CCN(c2cc(-c3ccccc3)nc3ccccc23)CC1.CCNCC.Cl. The zero-order valence-electron chi connectivity index (χ0n) is 17.9. The molecule has 0 unspecified atom stereocenters. The monoisotopic (exact) mass is 411 g/mol. The Morgan fingerprint density at radius 2 is 1.55 bits per heavy atom. The van der Waals surface area contributed by atoms with E-state index >= 15 is 0 Å². The fourth-order valence-electron chi connectivity index (χ4n) is 3.67. The molecule has 0 spiro atoms. The Morgan fingerprint density at radius 3 is 2.17 bits per heavy atom. The lowest BCUT2D eigenvalue weighted by molar-refractivity contribution is 0.439. The molecule has 1 aromatic heterocycles. The number of anilines is 1. The fraction of sp³-hybridized carbons (Fsp3) is 0.400. The summed E-state index contributed by atoms with van der Waals surface area (Å²) in [6.07, 6.45) is 2.55. The molecule has 0 bridgehead atoms. The summed E-state index contributed by atoms with van der Waals surface area (Å²) in [5, 5.41) is 4.38. The van der Waals surface area contributed by atoms with Crippen LogP contribution in [0.2, 0.25) is 0 Å². The van der Waals surface area contributed by atoms with Crippen molar-refractivity contribution in [2.45, 2.75) is 33.6 Å². The van der Waals surface area contributed by atoms with Crippen LogP contribution in [-0.2, 0) is 0 Å². The number of benzene rings is 2. The van der Waals surface area contributed by atoms with E-state index in [0.29, 0.717) is 0 Å². The van der Waals surface area contributed by atoms with Crippen LogP contribution in [0.4, 0.5) is 5.69 Å². The van der Waals surface area contributed by atoms with Crippen molar-refractivity contribution in [3.63, 3.8) is 0 Å². The molecule has 0 amide bonds. The topological polar surface area (TPSA) is 28.2 Å². The van der Waals surface area contributed by atoms with Crippen molar-refractivity contribution >= 4 is 29.0 Å². The largest absolute Gasteiger partial charge is 0.371 e. The number of piperidine rings is 1. The Balaban J connectivity index is 0.000000450. The van der Waals surface area contributed by atoms with E-state index in [-0.39, 0.29) is 12.4 Å². The fourth-order valence-corrected chi connectivity index (χ4v) is 3.67. The maximum absolute atomic E-state index is 4.89. The van der Waals surface area contributed by atoms with E-state index in [1.807, 2.05) is 0 Å². The van der Waals surface area contributed by atoms with Crippen molar-refractivity contribution < 1.29 is 0 Å². The van der Waals surface area contributed by atoms with Gasteiger partial charge in [-0.1, -0.05) is 69.3 Å². The minimum absolute atomic E-state index is 0. The van der Waals surface area contributed by atoms with Crippen molar-refractivity contribution in [1.82, 2.24) is 10.3 Å². The molecule has 1 aliphatic rings. The average Bonchev–Trinajstić information content (AvgIpc) is 2.75. The van der Waals surface area contributed by atoms with Crippen LogP contribution in [0.5, 0.6) is 0 Å². The normalized spacial score (nSPS) is 14.1. The first-order valence-corrected chi connectivity index (χ1v) is 10.6. The summed E-state index contributed by atoms with van der Waals surface area (Å²) in [6.45, 7) is 11.0. The number of hydrogen-bond donors (Lipinski definition) is 1. The molecule has 4 heteroatoms. The van der Waals surface area contributed by atoms with Crippen molar-refractivity contribution in [2.75, 3.05) is 31.1 Å². The molecule has 0 saturated carbocycles. The second-order valence-electron chi connectivity index (χ2n) is 7.54. The van der Waals surface area contributed by atoms with Gasteiger partial charge < -0.3 is 10.2 Å². The van der Waals surface area contributed by atoms with E-state index in [2.05, 4.69) is 91.7 Å². The standard InChI is InChI=1S/C21H22N2.C4H11N.ClH/c1-16-11-13-23(14-12-16)21-15-20(17-7-3-2-4-8-17)22-19-10-6-5-9-18(19)21;1-3-5-4-2;/h2-10,15-16H,11-14H2,1H3;5H,3-4H2,1-2H3;1H. The third kappa shape index (κ3) is 6.19. The molecule has 3 aromatic rings. The number of pyridine rings is 1. The van der Waals surface area contributed by atoms with Gasteiger partial charge in [-0.15, -0.1) is 12.4 Å². The van der Waals surface area contributed by atoms with Gasteiger partial charge in [0.2, 0.25) is 0 Å². The highest BCUT2D eigenvalue weighted by Crippen LogP contribution is 2.33. The summed E-state index contributed by atoms with van der Waals surface area (Å²) in [5.41, 5.74) is 4.67. The molecule has 2 aromatic carbocycles. The molecule has 1 N–H and O–H groups in total. The van der Waals surface area contributed by atoms with Gasteiger partial charge in [0.05, 0.1) is 11.2 Å². The Morgan fingerprint density at radius 1 is 0.931 bits per heavy atom.